The predicted molar refractivity (Wildman–Crippen MR) is 79.4 cm³/mol. The Hall–Kier alpha value is -1.75. The van der Waals surface area contributed by atoms with Gasteiger partial charge in [0.15, 0.2) is 0 Å². The van der Waals surface area contributed by atoms with E-state index < -0.39 is 0 Å². The largest absolute Gasteiger partial charge is 0.496 e. The summed E-state index contributed by atoms with van der Waals surface area (Å²) in [5, 5.41) is 0. The fourth-order valence-corrected chi connectivity index (χ4v) is 2.04. The number of amides is 1. The normalized spacial score (nSPS) is 10.2. The van der Waals surface area contributed by atoms with Gasteiger partial charge in [-0.25, -0.2) is 0 Å². The van der Waals surface area contributed by atoms with Crippen LogP contribution in [-0.4, -0.2) is 44.7 Å². The van der Waals surface area contributed by atoms with Crippen molar-refractivity contribution in [2.75, 3.05) is 33.9 Å². The van der Waals surface area contributed by atoms with Crippen molar-refractivity contribution in [3.8, 4) is 11.5 Å². The molecule has 0 heterocycles. The first kappa shape index (κ1) is 16.3. The van der Waals surface area contributed by atoms with Crippen molar-refractivity contribution in [1.82, 2.24) is 4.90 Å². The van der Waals surface area contributed by atoms with Crippen molar-refractivity contribution in [2.45, 2.75) is 19.8 Å². The molecule has 0 saturated carbocycles. The van der Waals surface area contributed by atoms with E-state index in [0.717, 1.165) is 12.8 Å². The van der Waals surface area contributed by atoms with Gasteiger partial charge in [0.2, 0.25) is 0 Å². The fourth-order valence-electron chi connectivity index (χ4n) is 2.04. The van der Waals surface area contributed by atoms with Crippen molar-refractivity contribution in [3.05, 3.63) is 23.8 Å². The molecule has 20 heavy (non-hydrogen) atoms. The van der Waals surface area contributed by atoms with E-state index in [0.29, 0.717) is 36.7 Å². The summed E-state index contributed by atoms with van der Waals surface area (Å²) in [7, 11) is 3.09. The molecule has 0 radical (unpaired) electrons. The van der Waals surface area contributed by atoms with Crippen LogP contribution < -0.4 is 15.2 Å². The molecule has 0 aromatic heterocycles. The average Bonchev–Trinajstić information content (AvgIpc) is 2.49. The number of carbonyl (C=O) groups is 1. The molecule has 0 atom stereocenters. The second-order valence-corrected chi connectivity index (χ2v) is 4.47. The van der Waals surface area contributed by atoms with Crippen molar-refractivity contribution >= 4 is 5.91 Å². The van der Waals surface area contributed by atoms with E-state index in [2.05, 4.69) is 6.92 Å². The molecule has 0 aliphatic heterocycles. The van der Waals surface area contributed by atoms with Gasteiger partial charge in [-0.3, -0.25) is 4.79 Å². The van der Waals surface area contributed by atoms with Crippen LogP contribution in [0.15, 0.2) is 18.2 Å². The highest BCUT2D eigenvalue weighted by Crippen LogP contribution is 2.29. The van der Waals surface area contributed by atoms with Crippen LogP contribution in [-0.2, 0) is 0 Å². The second-order valence-electron chi connectivity index (χ2n) is 4.47. The summed E-state index contributed by atoms with van der Waals surface area (Å²) in [4.78, 5) is 14.5. The lowest BCUT2D eigenvalue weighted by Gasteiger charge is -2.23. The summed E-state index contributed by atoms with van der Waals surface area (Å²) in [6.45, 7) is 3.75. The lowest BCUT2D eigenvalue weighted by molar-refractivity contribution is 0.0751. The molecule has 0 spiro atoms. The number of benzene rings is 1. The summed E-state index contributed by atoms with van der Waals surface area (Å²) in [6, 6.07) is 5.32. The smallest absolute Gasteiger partial charge is 0.261 e. The molecule has 112 valence electrons. The molecule has 0 bridgehead atoms. The van der Waals surface area contributed by atoms with Gasteiger partial charge in [-0.15, -0.1) is 0 Å². The molecule has 1 rings (SSSR count). The van der Waals surface area contributed by atoms with E-state index in [-0.39, 0.29) is 5.91 Å². The molecule has 1 aromatic rings. The number of ether oxygens (including phenoxy) is 2. The first-order valence-corrected chi connectivity index (χ1v) is 6.89. The predicted octanol–water partition coefficient (Wildman–Crippen LogP) is 1.90. The fraction of sp³-hybridized carbons (Fsp3) is 0.533. The zero-order valence-corrected chi connectivity index (χ0v) is 12.5. The lowest BCUT2D eigenvalue weighted by Crippen LogP contribution is -2.36. The number of carbonyl (C=O) groups excluding carboxylic acids is 1. The van der Waals surface area contributed by atoms with Crippen LogP contribution in [0.3, 0.4) is 0 Å². The van der Waals surface area contributed by atoms with Crippen LogP contribution in [0.1, 0.15) is 30.1 Å². The minimum atomic E-state index is -0.0989. The lowest BCUT2D eigenvalue weighted by atomic mass is 10.1. The highest BCUT2D eigenvalue weighted by Gasteiger charge is 2.23. The molecule has 0 unspecified atom stereocenters. The Balaban J connectivity index is 3.09. The third-order valence-corrected chi connectivity index (χ3v) is 3.11. The number of rotatable bonds is 8. The van der Waals surface area contributed by atoms with E-state index in [1.807, 2.05) is 0 Å². The maximum absolute atomic E-state index is 12.7. The van der Waals surface area contributed by atoms with Gasteiger partial charge in [-0.2, -0.15) is 0 Å². The Kier molecular flexibility index (Phi) is 6.87. The summed E-state index contributed by atoms with van der Waals surface area (Å²) >= 11 is 0. The minimum absolute atomic E-state index is 0.0989. The summed E-state index contributed by atoms with van der Waals surface area (Å²) < 4.78 is 10.6. The van der Waals surface area contributed by atoms with E-state index >= 15 is 0 Å². The molecule has 5 nitrogen and oxygen atoms in total. The number of hydrogen-bond acceptors (Lipinski definition) is 4. The van der Waals surface area contributed by atoms with Gasteiger partial charge in [0.05, 0.1) is 14.2 Å². The molecule has 0 aliphatic rings. The van der Waals surface area contributed by atoms with Crippen LogP contribution in [0.2, 0.25) is 0 Å². The zero-order chi connectivity index (χ0) is 15.0. The van der Waals surface area contributed by atoms with Crippen LogP contribution >= 0.6 is 0 Å². The molecular weight excluding hydrogens is 256 g/mol. The Bertz CT molecular complexity index is 413. The van der Waals surface area contributed by atoms with Crippen molar-refractivity contribution in [2.24, 2.45) is 5.73 Å². The van der Waals surface area contributed by atoms with Gasteiger partial charge in [-0.1, -0.05) is 19.4 Å². The summed E-state index contributed by atoms with van der Waals surface area (Å²) in [6.07, 6.45) is 1.97. The number of methoxy groups -OCH3 is 2. The van der Waals surface area contributed by atoms with E-state index in [1.165, 1.54) is 0 Å². The Morgan fingerprint density at radius 3 is 2.25 bits per heavy atom. The Morgan fingerprint density at radius 1 is 1.20 bits per heavy atom. The molecule has 0 saturated heterocycles. The third-order valence-electron chi connectivity index (χ3n) is 3.11. The SMILES string of the molecule is CCCCN(CCN)C(=O)c1c(OC)cccc1OC. The topological polar surface area (TPSA) is 64.8 Å². The van der Waals surface area contributed by atoms with Crippen LogP contribution in [0.5, 0.6) is 11.5 Å². The van der Waals surface area contributed by atoms with Crippen LogP contribution in [0, 0.1) is 0 Å². The molecular formula is C15H24N2O3. The maximum Gasteiger partial charge on any atom is 0.261 e. The minimum Gasteiger partial charge on any atom is -0.496 e. The van der Waals surface area contributed by atoms with Gasteiger partial charge in [0.1, 0.15) is 17.1 Å². The van der Waals surface area contributed by atoms with Crippen molar-refractivity contribution < 1.29 is 14.3 Å². The molecule has 0 aliphatic carbocycles. The van der Waals surface area contributed by atoms with Crippen LogP contribution in [0.4, 0.5) is 0 Å². The molecule has 5 heteroatoms. The molecule has 2 N–H and O–H groups in total. The van der Waals surface area contributed by atoms with Crippen molar-refractivity contribution in [1.29, 1.82) is 0 Å². The second kappa shape index (κ2) is 8.43. The highest BCUT2D eigenvalue weighted by molar-refractivity contribution is 5.99. The third kappa shape index (κ3) is 3.87. The molecule has 1 aromatic carbocycles. The first-order valence-electron chi connectivity index (χ1n) is 6.89. The van der Waals surface area contributed by atoms with Gasteiger partial charge in [0.25, 0.3) is 5.91 Å². The monoisotopic (exact) mass is 280 g/mol. The number of hydrogen-bond donors (Lipinski definition) is 1. The summed E-state index contributed by atoms with van der Waals surface area (Å²) in [5.74, 6) is 0.943. The molecule has 0 fully saturated rings. The summed E-state index contributed by atoms with van der Waals surface area (Å²) in [5.41, 5.74) is 6.06. The Morgan fingerprint density at radius 2 is 1.80 bits per heavy atom. The van der Waals surface area contributed by atoms with Crippen molar-refractivity contribution in [3.63, 3.8) is 0 Å². The van der Waals surface area contributed by atoms with Gasteiger partial charge < -0.3 is 20.1 Å². The van der Waals surface area contributed by atoms with Crippen LogP contribution in [0.25, 0.3) is 0 Å². The standard InChI is InChI=1S/C15H24N2O3/c1-4-5-10-17(11-9-16)15(18)14-12(19-2)7-6-8-13(14)20-3/h6-8H,4-5,9-11,16H2,1-3H3. The van der Waals surface area contributed by atoms with Gasteiger partial charge >= 0.3 is 0 Å². The first-order chi connectivity index (χ1) is 9.69. The average molecular weight is 280 g/mol. The van der Waals surface area contributed by atoms with E-state index in [9.17, 15) is 4.79 Å². The number of unbranched alkanes of at least 4 members (excludes halogenated alkanes) is 1. The van der Waals surface area contributed by atoms with Gasteiger partial charge in [-0.05, 0) is 18.6 Å². The zero-order valence-electron chi connectivity index (χ0n) is 12.5. The number of nitrogens with zero attached hydrogens (tertiary/aromatic N) is 1. The van der Waals surface area contributed by atoms with Gasteiger partial charge in [0, 0.05) is 19.6 Å². The quantitative estimate of drug-likeness (QED) is 0.790. The highest BCUT2D eigenvalue weighted by atomic mass is 16.5. The number of nitrogens with two attached hydrogens (primary N) is 1. The van der Waals surface area contributed by atoms with E-state index in [4.69, 9.17) is 15.2 Å². The molecule has 1 amide bonds. The van der Waals surface area contributed by atoms with E-state index in [1.54, 1.807) is 37.3 Å². The maximum atomic E-state index is 12.7. The Labute approximate surface area is 120 Å².